The molecule has 0 spiro atoms. The van der Waals surface area contributed by atoms with Gasteiger partial charge in [-0.1, -0.05) is 12.1 Å². The number of aliphatic imine (C=N–C) groups is 1. The van der Waals surface area contributed by atoms with E-state index in [4.69, 9.17) is 20.1 Å². The van der Waals surface area contributed by atoms with Gasteiger partial charge < -0.3 is 20.1 Å². The lowest BCUT2D eigenvalue weighted by Crippen LogP contribution is -2.15. The summed E-state index contributed by atoms with van der Waals surface area (Å²) in [4.78, 5) is 3.99. The van der Waals surface area contributed by atoms with Gasteiger partial charge in [-0.3, -0.25) is 4.99 Å². The van der Waals surface area contributed by atoms with Crippen LogP contribution in [0.2, 0.25) is 0 Å². The molecule has 0 saturated carbocycles. The van der Waals surface area contributed by atoms with Crippen LogP contribution >= 0.6 is 0 Å². The van der Waals surface area contributed by atoms with Crippen molar-refractivity contribution in [1.29, 1.82) is 0 Å². The van der Waals surface area contributed by atoms with Crippen molar-refractivity contribution >= 4 is 6.21 Å². The van der Waals surface area contributed by atoms with Crippen LogP contribution in [-0.4, -0.2) is 54.0 Å². The van der Waals surface area contributed by atoms with Crippen LogP contribution in [-0.2, 0) is 0 Å². The average molecular weight is 239 g/mol. The van der Waals surface area contributed by atoms with Crippen molar-refractivity contribution < 1.29 is 20.1 Å². The van der Waals surface area contributed by atoms with Crippen molar-refractivity contribution in [3.63, 3.8) is 0 Å². The number of hydrogen-bond acceptors (Lipinski definition) is 5. The molecule has 3 N–H and O–H groups in total. The first kappa shape index (κ1) is 13.6. The molecule has 0 aromatic heterocycles. The van der Waals surface area contributed by atoms with E-state index in [1.807, 2.05) is 12.1 Å². The lowest BCUT2D eigenvalue weighted by molar-refractivity contribution is 0.102. The molecule has 17 heavy (non-hydrogen) atoms. The van der Waals surface area contributed by atoms with Crippen LogP contribution in [0.1, 0.15) is 5.56 Å². The van der Waals surface area contributed by atoms with Crippen LogP contribution in [0.4, 0.5) is 0 Å². The zero-order valence-corrected chi connectivity index (χ0v) is 9.49. The topological polar surface area (TPSA) is 82.3 Å². The molecule has 5 heteroatoms. The fraction of sp³-hybridized carbons (Fsp3) is 0.417. The third kappa shape index (κ3) is 5.44. The van der Waals surface area contributed by atoms with Gasteiger partial charge in [0.05, 0.1) is 25.9 Å². The number of benzene rings is 1. The molecule has 5 nitrogen and oxygen atoms in total. The van der Waals surface area contributed by atoms with E-state index in [0.717, 1.165) is 5.56 Å². The maximum atomic E-state index is 9.09. The van der Waals surface area contributed by atoms with Gasteiger partial charge in [-0.25, -0.2) is 0 Å². The van der Waals surface area contributed by atoms with E-state index >= 15 is 0 Å². The summed E-state index contributed by atoms with van der Waals surface area (Å²) in [6.07, 6.45) is 0.782. The van der Waals surface area contributed by atoms with Gasteiger partial charge >= 0.3 is 0 Å². The Labute approximate surface area is 100 Å². The second-order valence-corrected chi connectivity index (χ2v) is 3.48. The standard InChI is InChI=1S/C12H17NO4/c14-4-5-17-12-3-1-2-10(6-12)7-13-8-11(16)9-15/h1-3,6-7,11,14-16H,4-5,8-9H2. The number of nitrogens with zero attached hydrogens (tertiary/aromatic N) is 1. The molecule has 0 aliphatic rings. The monoisotopic (exact) mass is 239 g/mol. The van der Waals surface area contributed by atoms with Gasteiger partial charge in [-0.05, 0) is 17.7 Å². The van der Waals surface area contributed by atoms with Gasteiger partial charge in [0, 0.05) is 6.21 Å². The van der Waals surface area contributed by atoms with Crippen LogP contribution < -0.4 is 4.74 Å². The van der Waals surface area contributed by atoms with E-state index in [9.17, 15) is 0 Å². The fourth-order valence-corrected chi connectivity index (χ4v) is 1.19. The highest BCUT2D eigenvalue weighted by molar-refractivity contribution is 5.80. The molecule has 0 heterocycles. The number of ether oxygens (including phenoxy) is 1. The smallest absolute Gasteiger partial charge is 0.120 e. The molecule has 1 aromatic rings. The summed E-state index contributed by atoms with van der Waals surface area (Å²) < 4.78 is 5.24. The lowest BCUT2D eigenvalue weighted by Gasteiger charge is -2.04. The maximum absolute atomic E-state index is 9.09. The van der Waals surface area contributed by atoms with E-state index in [-0.39, 0.29) is 26.4 Å². The molecule has 1 aromatic carbocycles. The SMILES string of the molecule is OCCOc1cccc(C=NCC(O)CO)c1. The normalized spacial score (nSPS) is 12.9. The van der Waals surface area contributed by atoms with Crippen LogP contribution in [0.5, 0.6) is 5.75 Å². The first-order valence-electron chi connectivity index (χ1n) is 5.38. The van der Waals surface area contributed by atoms with Gasteiger partial charge in [0.15, 0.2) is 0 Å². The molecule has 94 valence electrons. The molecule has 1 atom stereocenters. The Hall–Kier alpha value is -1.43. The molecule has 0 aliphatic carbocycles. The van der Waals surface area contributed by atoms with Crippen LogP contribution in [0.15, 0.2) is 29.3 Å². The van der Waals surface area contributed by atoms with Gasteiger partial charge in [-0.2, -0.15) is 0 Å². The molecule has 0 amide bonds. The Bertz CT molecular complexity index is 354. The predicted molar refractivity (Wildman–Crippen MR) is 64.6 cm³/mol. The first-order chi connectivity index (χ1) is 8.26. The minimum Gasteiger partial charge on any atom is -0.491 e. The molecule has 0 aliphatic heterocycles. The summed E-state index contributed by atoms with van der Waals surface area (Å²) in [6.45, 7) is 0.0973. The Morgan fingerprint density at radius 3 is 2.88 bits per heavy atom. The quantitative estimate of drug-likeness (QED) is 0.577. The van der Waals surface area contributed by atoms with Crippen LogP contribution in [0, 0.1) is 0 Å². The summed E-state index contributed by atoms with van der Waals surface area (Å²) in [5.41, 5.74) is 0.838. The van der Waals surface area contributed by atoms with Gasteiger partial charge in [0.2, 0.25) is 0 Å². The molecular formula is C12H17NO4. The Morgan fingerprint density at radius 2 is 2.18 bits per heavy atom. The van der Waals surface area contributed by atoms with Crippen molar-refractivity contribution in [2.75, 3.05) is 26.4 Å². The molecular weight excluding hydrogens is 222 g/mol. The van der Waals surface area contributed by atoms with Crippen molar-refractivity contribution in [3.8, 4) is 5.75 Å². The number of hydrogen-bond donors (Lipinski definition) is 3. The third-order valence-electron chi connectivity index (χ3n) is 1.99. The zero-order valence-electron chi connectivity index (χ0n) is 9.49. The Morgan fingerprint density at radius 1 is 1.35 bits per heavy atom. The summed E-state index contributed by atoms with van der Waals surface area (Å²) in [6, 6.07) is 7.23. The van der Waals surface area contributed by atoms with Gasteiger partial charge in [0.25, 0.3) is 0 Å². The number of rotatable bonds is 7. The summed E-state index contributed by atoms with van der Waals surface area (Å²) in [5, 5.41) is 26.3. The summed E-state index contributed by atoms with van der Waals surface area (Å²) in [5.74, 6) is 0.658. The average Bonchev–Trinajstić information content (AvgIpc) is 2.36. The van der Waals surface area contributed by atoms with E-state index in [2.05, 4.69) is 4.99 Å². The van der Waals surface area contributed by atoms with Gasteiger partial charge in [-0.15, -0.1) is 0 Å². The summed E-state index contributed by atoms with van der Waals surface area (Å²) in [7, 11) is 0. The lowest BCUT2D eigenvalue weighted by atomic mass is 10.2. The summed E-state index contributed by atoms with van der Waals surface area (Å²) >= 11 is 0. The molecule has 0 fully saturated rings. The highest BCUT2D eigenvalue weighted by Crippen LogP contribution is 2.11. The van der Waals surface area contributed by atoms with Crippen molar-refractivity contribution in [2.24, 2.45) is 4.99 Å². The third-order valence-corrected chi connectivity index (χ3v) is 1.99. The van der Waals surface area contributed by atoms with Crippen molar-refractivity contribution in [1.82, 2.24) is 0 Å². The van der Waals surface area contributed by atoms with E-state index < -0.39 is 6.10 Å². The molecule has 0 bridgehead atoms. The second-order valence-electron chi connectivity index (χ2n) is 3.48. The molecule has 1 unspecified atom stereocenters. The zero-order chi connectivity index (χ0) is 12.5. The minimum absolute atomic E-state index is 0.0268. The minimum atomic E-state index is -0.819. The van der Waals surface area contributed by atoms with Crippen molar-refractivity contribution in [2.45, 2.75) is 6.10 Å². The molecule has 1 rings (SSSR count). The molecule has 0 saturated heterocycles. The Balaban J connectivity index is 2.53. The van der Waals surface area contributed by atoms with E-state index in [1.54, 1.807) is 18.3 Å². The molecule has 0 radical (unpaired) electrons. The first-order valence-corrected chi connectivity index (χ1v) is 5.38. The van der Waals surface area contributed by atoms with Crippen molar-refractivity contribution in [3.05, 3.63) is 29.8 Å². The Kier molecular flexibility index (Phi) is 6.24. The van der Waals surface area contributed by atoms with Crippen LogP contribution in [0.3, 0.4) is 0 Å². The fourth-order valence-electron chi connectivity index (χ4n) is 1.19. The van der Waals surface area contributed by atoms with Gasteiger partial charge in [0.1, 0.15) is 12.4 Å². The largest absolute Gasteiger partial charge is 0.491 e. The maximum Gasteiger partial charge on any atom is 0.120 e. The highest BCUT2D eigenvalue weighted by Gasteiger charge is 1.98. The van der Waals surface area contributed by atoms with Crippen LogP contribution in [0.25, 0.3) is 0 Å². The van der Waals surface area contributed by atoms with E-state index in [0.29, 0.717) is 5.75 Å². The predicted octanol–water partition coefficient (Wildman–Crippen LogP) is -0.170. The highest BCUT2D eigenvalue weighted by atomic mass is 16.5. The number of aliphatic hydroxyl groups is 3. The number of aliphatic hydroxyl groups excluding tert-OH is 3. The van der Waals surface area contributed by atoms with E-state index in [1.165, 1.54) is 0 Å². The second kappa shape index (κ2) is 7.78.